The van der Waals surface area contributed by atoms with Crippen molar-refractivity contribution in [3.63, 3.8) is 0 Å². The number of hydrogen-bond donors (Lipinski definition) is 1. The van der Waals surface area contributed by atoms with Crippen LogP contribution in [-0.4, -0.2) is 50.6 Å². The van der Waals surface area contributed by atoms with Crippen LogP contribution >= 0.6 is 0 Å². The van der Waals surface area contributed by atoms with Gasteiger partial charge < -0.3 is 23.9 Å². The summed E-state index contributed by atoms with van der Waals surface area (Å²) >= 11 is 0. The van der Waals surface area contributed by atoms with E-state index in [-0.39, 0.29) is 0 Å². The number of hydrogen-bond acceptors (Lipinski definition) is 7. The van der Waals surface area contributed by atoms with Crippen LogP contribution in [0.3, 0.4) is 0 Å². The second-order valence-corrected chi connectivity index (χ2v) is 13.9. The van der Waals surface area contributed by atoms with Gasteiger partial charge in [0.25, 0.3) is 0 Å². The Bertz CT molecular complexity index is 2950. The zero-order valence-corrected chi connectivity index (χ0v) is 31.8. The molecule has 4 aliphatic rings. The van der Waals surface area contributed by atoms with E-state index in [1.807, 2.05) is 42.5 Å². The number of benzene rings is 5. The van der Waals surface area contributed by atoms with Crippen LogP contribution in [0, 0.1) is 0 Å². The van der Waals surface area contributed by atoms with Crippen molar-refractivity contribution in [1.29, 1.82) is 0 Å². The maximum atomic E-state index is 5.69. The van der Waals surface area contributed by atoms with Crippen LogP contribution in [0.15, 0.2) is 172 Å². The first-order valence-electron chi connectivity index (χ1n) is 18.6. The molecule has 0 fully saturated rings. The van der Waals surface area contributed by atoms with Crippen molar-refractivity contribution in [1.82, 2.24) is 4.98 Å². The Balaban J connectivity index is 1.31. The molecule has 8 nitrogen and oxygen atoms in total. The zero-order valence-electron chi connectivity index (χ0n) is 31.8. The number of rotatable bonds is 7. The van der Waals surface area contributed by atoms with Crippen molar-refractivity contribution >= 4 is 55.5 Å². The van der Waals surface area contributed by atoms with E-state index in [1.165, 1.54) is 0 Å². The second-order valence-electron chi connectivity index (χ2n) is 13.9. The lowest BCUT2D eigenvalue weighted by atomic mass is 9.97. The van der Waals surface area contributed by atoms with Gasteiger partial charge in [0.2, 0.25) is 0 Å². The van der Waals surface area contributed by atoms with Crippen LogP contribution < -0.4 is 18.9 Å². The van der Waals surface area contributed by atoms with Gasteiger partial charge in [-0.2, -0.15) is 0 Å². The van der Waals surface area contributed by atoms with E-state index in [9.17, 15) is 0 Å². The number of nitrogens with one attached hydrogen (secondary N) is 1. The Labute approximate surface area is 329 Å². The van der Waals surface area contributed by atoms with Gasteiger partial charge >= 0.3 is 0 Å². The van der Waals surface area contributed by atoms with Crippen molar-refractivity contribution in [2.45, 2.75) is 0 Å². The summed E-state index contributed by atoms with van der Waals surface area (Å²) in [5.74, 6) is 3.11. The third-order valence-corrected chi connectivity index (χ3v) is 10.8. The first-order chi connectivity index (χ1) is 28.0. The van der Waals surface area contributed by atoms with E-state index < -0.39 is 0 Å². The summed E-state index contributed by atoms with van der Waals surface area (Å²) in [7, 11) is 6.72. The molecule has 1 aromatic heterocycles. The summed E-state index contributed by atoms with van der Waals surface area (Å²) < 4.78 is 22.3. The van der Waals surface area contributed by atoms with Crippen molar-refractivity contribution in [3.05, 3.63) is 185 Å². The van der Waals surface area contributed by atoms with Crippen LogP contribution in [0.2, 0.25) is 0 Å². The minimum atomic E-state index is 0.771. The lowest BCUT2D eigenvalue weighted by Gasteiger charge is -2.13. The maximum Gasteiger partial charge on any atom is 0.119 e. The highest BCUT2D eigenvalue weighted by atomic mass is 16.5. The van der Waals surface area contributed by atoms with Crippen molar-refractivity contribution in [2.24, 2.45) is 15.0 Å². The summed E-state index contributed by atoms with van der Waals surface area (Å²) in [5.41, 5.74) is 13.5. The van der Waals surface area contributed by atoms with Gasteiger partial charge in [-0.25, -0.2) is 15.0 Å². The Morgan fingerprint density at radius 1 is 0.404 bits per heavy atom. The van der Waals surface area contributed by atoms with Crippen LogP contribution in [0.25, 0.3) is 38.4 Å². The molecule has 5 heterocycles. The Kier molecular flexibility index (Phi) is 8.18. The number of fused-ring (bicyclic) bond motifs is 7. The number of H-pyrrole nitrogens is 1. The highest BCUT2D eigenvalue weighted by Crippen LogP contribution is 2.41. The van der Waals surface area contributed by atoms with Crippen LogP contribution in [0.5, 0.6) is 23.0 Å². The molecule has 0 saturated carbocycles. The molecule has 8 bridgehead atoms. The summed E-state index contributed by atoms with van der Waals surface area (Å²) in [6.07, 6.45) is 12.5. The number of aromatic nitrogens is 1. The topological polar surface area (TPSA) is 89.8 Å². The molecular formula is C49H36N4O4. The Hall–Kier alpha value is -7.45. The molecule has 0 unspecified atom stereocenters. The Morgan fingerprint density at radius 2 is 0.842 bits per heavy atom. The lowest BCUT2D eigenvalue weighted by molar-refractivity contribution is 0.414. The van der Waals surface area contributed by atoms with Crippen LogP contribution in [-0.2, 0) is 0 Å². The van der Waals surface area contributed by atoms with Crippen molar-refractivity contribution < 1.29 is 18.9 Å². The van der Waals surface area contributed by atoms with Gasteiger partial charge in [-0.15, -0.1) is 0 Å². The number of methoxy groups -OCH3 is 4. The summed E-state index contributed by atoms with van der Waals surface area (Å²) in [5, 5.41) is 3.14. The van der Waals surface area contributed by atoms with Crippen molar-refractivity contribution in [2.75, 3.05) is 28.4 Å². The number of allylic oxidation sites excluding steroid dienone is 8. The highest BCUT2D eigenvalue weighted by molar-refractivity contribution is 6.36. The number of nitrogens with zero attached hydrogens (tertiary/aromatic N) is 3. The van der Waals surface area contributed by atoms with E-state index in [1.54, 1.807) is 28.4 Å². The fourth-order valence-corrected chi connectivity index (χ4v) is 8.00. The average molecular weight is 745 g/mol. The van der Waals surface area contributed by atoms with Gasteiger partial charge in [0.15, 0.2) is 0 Å². The molecule has 1 N–H and O–H groups in total. The van der Waals surface area contributed by atoms with Gasteiger partial charge in [-0.05, 0) is 131 Å². The number of aliphatic imine (C=N–C) groups is 3. The first kappa shape index (κ1) is 34.1. The molecule has 0 spiro atoms. The number of ether oxygens (including phenoxy) is 4. The number of aromatic amines is 1. The third-order valence-electron chi connectivity index (χ3n) is 10.8. The average Bonchev–Trinajstić information content (AvgIpc) is 4.10. The summed E-state index contributed by atoms with van der Waals surface area (Å²) in [6, 6.07) is 34.9. The molecule has 0 radical (unpaired) electrons. The minimum absolute atomic E-state index is 0.771. The zero-order chi connectivity index (χ0) is 38.6. The molecule has 5 aromatic carbocycles. The first-order valence-corrected chi connectivity index (χ1v) is 18.6. The normalized spacial score (nSPS) is 15.6. The van der Waals surface area contributed by atoms with Crippen LogP contribution in [0.1, 0.15) is 27.9 Å². The molecule has 4 aliphatic heterocycles. The molecular weight excluding hydrogens is 709 g/mol. The molecule has 0 saturated heterocycles. The third kappa shape index (κ3) is 5.81. The lowest BCUT2D eigenvalue weighted by Crippen LogP contribution is -2.02. The van der Waals surface area contributed by atoms with Gasteiger partial charge in [-0.3, -0.25) is 0 Å². The van der Waals surface area contributed by atoms with E-state index >= 15 is 0 Å². The van der Waals surface area contributed by atoms with E-state index in [0.29, 0.717) is 0 Å². The van der Waals surface area contributed by atoms with Crippen molar-refractivity contribution in [3.8, 4) is 23.0 Å². The standard InChI is InChI=1S/C49H36N4O4/c1-54-33-11-5-28(6-12-33)45-38-19-20-39(50-38)46(29-7-13-34(55-2)14-8-29)41-23-24-43(52-41)48-37-18-17-36(57-4)26-31(37)25-32-27-44(53-49(32)48)47(42-22-21-40(45)51-42)30-9-15-35(56-3)16-10-30/h5-27,53H,1-4H3. The Morgan fingerprint density at radius 3 is 1.35 bits per heavy atom. The monoisotopic (exact) mass is 744 g/mol. The summed E-state index contributed by atoms with van der Waals surface area (Å²) in [4.78, 5) is 20.1. The molecule has 276 valence electrons. The fourth-order valence-electron chi connectivity index (χ4n) is 8.00. The van der Waals surface area contributed by atoms with Gasteiger partial charge in [0, 0.05) is 33.4 Å². The minimum Gasteiger partial charge on any atom is -0.497 e. The van der Waals surface area contributed by atoms with E-state index in [2.05, 4.69) is 102 Å². The van der Waals surface area contributed by atoms with Gasteiger partial charge in [-0.1, -0.05) is 36.4 Å². The van der Waals surface area contributed by atoms with Crippen LogP contribution in [0.4, 0.5) is 0 Å². The second kappa shape index (κ2) is 13.7. The molecule has 8 heteroatoms. The quantitative estimate of drug-likeness (QED) is 0.176. The SMILES string of the molecule is COc1ccc(C2=C3C=CC(=N3)C(c3ccc(OC)cc3)=C3C=CC(=N3)c3c4ccc(OC)cc4cc4cc([nH]c34)C(c3ccc(OC)cc3)=C3C=CC2=N3)cc1. The molecule has 0 amide bonds. The van der Waals surface area contributed by atoms with Gasteiger partial charge in [0.05, 0.1) is 68.2 Å². The largest absolute Gasteiger partial charge is 0.497 e. The molecule has 0 atom stereocenters. The summed E-state index contributed by atoms with van der Waals surface area (Å²) in [6.45, 7) is 0. The molecule has 6 aromatic rings. The maximum absolute atomic E-state index is 5.69. The smallest absolute Gasteiger partial charge is 0.119 e. The van der Waals surface area contributed by atoms with E-state index in [0.717, 1.165) is 124 Å². The predicted octanol–water partition coefficient (Wildman–Crippen LogP) is 10.3. The molecule has 57 heavy (non-hydrogen) atoms. The van der Waals surface area contributed by atoms with Gasteiger partial charge in [0.1, 0.15) is 23.0 Å². The fraction of sp³-hybridized carbons (Fsp3) is 0.0816. The predicted molar refractivity (Wildman–Crippen MR) is 230 cm³/mol. The molecule has 10 rings (SSSR count). The van der Waals surface area contributed by atoms with E-state index in [4.69, 9.17) is 33.9 Å². The highest BCUT2D eigenvalue weighted by Gasteiger charge is 2.27. The molecule has 0 aliphatic carbocycles.